The van der Waals surface area contributed by atoms with Gasteiger partial charge in [0.25, 0.3) is 5.91 Å². The average molecular weight is 312 g/mol. The maximum Gasteiger partial charge on any atom is 0.260 e. The van der Waals surface area contributed by atoms with Crippen LogP contribution in [0.5, 0.6) is 5.75 Å². The average Bonchev–Trinajstić information content (AvgIpc) is 2.99. The normalized spacial score (nSPS) is 17.7. The third kappa shape index (κ3) is 5.21. The Hall–Kier alpha value is -1.26. The number of halogens is 1. The van der Waals surface area contributed by atoms with Gasteiger partial charge in [-0.3, -0.25) is 4.79 Å². The van der Waals surface area contributed by atoms with Crippen molar-refractivity contribution >= 4 is 17.5 Å². The quantitative estimate of drug-likeness (QED) is 0.776. The number of ether oxygens (including phenoxy) is 2. The lowest BCUT2D eigenvalue weighted by atomic mass is 10.1. The van der Waals surface area contributed by atoms with Crippen molar-refractivity contribution < 1.29 is 14.3 Å². The Bertz CT molecular complexity index is 461. The zero-order valence-corrected chi connectivity index (χ0v) is 13.1. The molecule has 1 aliphatic heterocycles. The van der Waals surface area contributed by atoms with Gasteiger partial charge in [-0.2, -0.15) is 0 Å². The molecule has 1 amide bonds. The van der Waals surface area contributed by atoms with Crippen LogP contribution in [0.1, 0.15) is 25.7 Å². The van der Waals surface area contributed by atoms with Gasteiger partial charge < -0.3 is 14.4 Å². The Kier molecular flexibility index (Phi) is 6.33. The van der Waals surface area contributed by atoms with E-state index in [0.29, 0.717) is 16.9 Å². The fourth-order valence-electron chi connectivity index (χ4n) is 2.36. The molecule has 1 aromatic carbocycles. The maximum absolute atomic E-state index is 12.0. The van der Waals surface area contributed by atoms with Crippen molar-refractivity contribution in [1.29, 1.82) is 0 Å². The second-order valence-corrected chi connectivity index (χ2v) is 5.72. The number of para-hydroxylation sites is 1. The van der Waals surface area contributed by atoms with Crippen LogP contribution in [0, 0.1) is 0 Å². The van der Waals surface area contributed by atoms with Crippen molar-refractivity contribution in [3.05, 3.63) is 29.3 Å². The highest BCUT2D eigenvalue weighted by Gasteiger charge is 2.16. The van der Waals surface area contributed by atoms with Gasteiger partial charge in [-0.25, -0.2) is 0 Å². The molecule has 21 heavy (non-hydrogen) atoms. The van der Waals surface area contributed by atoms with Crippen molar-refractivity contribution in [2.24, 2.45) is 0 Å². The largest absolute Gasteiger partial charge is 0.482 e. The summed E-state index contributed by atoms with van der Waals surface area (Å²) in [4.78, 5) is 13.7. The molecule has 0 aliphatic carbocycles. The minimum Gasteiger partial charge on any atom is -0.482 e. The molecule has 1 fully saturated rings. The summed E-state index contributed by atoms with van der Waals surface area (Å²) in [6.07, 6.45) is 4.66. The van der Waals surface area contributed by atoms with Gasteiger partial charge in [-0.1, -0.05) is 23.7 Å². The van der Waals surface area contributed by atoms with Crippen LogP contribution in [-0.2, 0) is 9.53 Å². The second-order valence-electron chi connectivity index (χ2n) is 5.31. The highest BCUT2D eigenvalue weighted by Crippen LogP contribution is 2.23. The van der Waals surface area contributed by atoms with Gasteiger partial charge in [0, 0.05) is 20.2 Å². The summed E-state index contributed by atoms with van der Waals surface area (Å²) in [7, 11) is 1.80. The van der Waals surface area contributed by atoms with E-state index in [1.54, 1.807) is 24.1 Å². The molecule has 1 aromatic rings. The van der Waals surface area contributed by atoms with E-state index in [-0.39, 0.29) is 12.5 Å². The van der Waals surface area contributed by atoms with Crippen LogP contribution in [0.3, 0.4) is 0 Å². The molecule has 0 bridgehead atoms. The highest BCUT2D eigenvalue weighted by molar-refractivity contribution is 6.32. The first-order chi connectivity index (χ1) is 10.2. The first kappa shape index (κ1) is 16.1. The SMILES string of the molecule is CN(CCCC1CCCO1)C(=O)COc1ccccc1Cl. The fraction of sp³-hybridized carbons (Fsp3) is 0.562. The molecule has 1 atom stereocenters. The van der Waals surface area contributed by atoms with Gasteiger partial charge in [0.1, 0.15) is 5.75 Å². The zero-order chi connectivity index (χ0) is 15.1. The Morgan fingerprint density at radius 3 is 3.00 bits per heavy atom. The number of hydrogen-bond donors (Lipinski definition) is 0. The molecule has 2 rings (SSSR count). The molecule has 116 valence electrons. The number of likely N-dealkylation sites (N-methyl/N-ethyl adjacent to an activating group) is 1. The first-order valence-corrected chi connectivity index (χ1v) is 7.77. The topological polar surface area (TPSA) is 38.8 Å². The van der Waals surface area contributed by atoms with Gasteiger partial charge in [-0.05, 0) is 37.8 Å². The van der Waals surface area contributed by atoms with Gasteiger partial charge in [0.15, 0.2) is 6.61 Å². The number of carbonyl (C=O) groups is 1. The molecule has 5 heteroatoms. The number of amides is 1. The Balaban J connectivity index is 1.66. The Morgan fingerprint density at radius 1 is 1.48 bits per heavy atom. The van der Waals surface area contributed by atoms with Gasteiger partial charge >= 0.3 is 0 Å². The summed E-state index contributed by atoms with van der Waals surface area (Å²) in [6, 6.07) is 7.16. The van der Waals surface area contributed by atoms with E-state index in [9.17, 15) is 4.79 Å². The van der Waals surface area contributed by atoms with E-state index in [4.69, 9.17) is 21.1 Å². The lowest BCUT2D eigenvalue weighted by molar-refractivity contribution is -0.132. The summed E-state index contributed by atoms with van der Waals surface area (Å²) in [5.41, 5.74) is 0. The number of nitrogens with zero attached hydrogens (tertiary/aromatic N) is 1. The van der Waals surface area contributed by atoms with Crippen molar-refractivity contribution in [2.75, 3.05) is 26.8 Å². The molecular weight excluding hydrogens is 290 g/mol. The minimum atomic E-state index is -0.0396. The van der Waals surface area contributed by atoms with Crippen molar-refractivity contribution in [3.63, 3.8) is 0 Å². The van der Waals surface area contributed by atoms with Crippen molar-refractivity contribution in [3.8, 4) is 5.75 Å². The molecule has 1 heterocycles. The molecule has 0 spiro atoms. The van der Waals surface area contributed by atoms with Crippen molar-refractivity contribution in [2.45, 2.75) is 31.8 Å². The van der Waals surface area contributed by atoms with E-state index < -0.39 is 0 Å². The van der Waals surface area contributed by atoms with Gasteiger partial charge in [0.05, 0.1) is 11.1 Å². The fourth-order valence-corrected chi connectivity index (χ4v) is 2.55. The second kappa shape index (κ2) is 8.25. The third-order valence-electron chi connectivity index (χ3n) is 3.66. The summed E-state index contributed by atoms with van der Waals surface area (Å²) in [6.45, 7) is 1.62. The molecular formula is C16H22ClNO3. The van der Waals surface area contributed by atoms with Crippen LogP contribution in [0.15, 0.2) is 24.3 Å². The van der Waals surface area contributed by atoms with Gasteiger partial charge in [-0.15, -0.1) is 0 Å². The van der Waals surface area contributed by atoms with Crippen LogP contribution in [0.4, 0.5) is 0 Å². The molecule has 0 radical (unpaired) electrons. The lowest BCUT2D eigenvalue weighted by Gasteiger charge is -2.18. The number of carbonyl (C=O) groups excluding carboxylic acids is 1. The van der Waals surface area contributed by atoms with E-state index in [2.05, 4.69) is 0 Å². The summed E-state index contributed by atoms with van der Waals surface area (Å²) in [5, 5.41) is 0.520. The molecule has 0 N–H and O–H groups in total. The summed E-state index contributed by atoms with van der Waals surface area (Å²) >= 11 is 5.98. The monoisotopic (exact) mass is 311 g/mol. The molecule has 4 nitrogen and oxygen atoms in total. The lowest BCUT2D eigenvalue weighted by Crippen LogP contribution is -2.32. The standard InChI is InChI=1S/C16H22ClNO3/c1-18(10-4-6-13-7-5-11-20-13)16(19)12-21-15-9-3-2-8-14(15)17/h2-3,8-9,13H,4-7,10-12H2,1H3. The molecule has 0 aromatic heterocycles. The summed E-state index contributed by atoms with van der Waals surface area (Å²) < 4.78 is 11.0. The number of benzene rings is 1. The number of hydrogen-bond acceptors (Lipinski definition) is 3. The van der Waals surface area contributed by atoms with E-state index in [1.165, 1.54) is 0 Å². The Morgan fingerprint density at radius 2 is 2.29 bits per heavy atom. The molecule has 1 aliphatic rings. The number of rotatable bonds is 7. The van der Waals surface area contributed by atoms with E-state index in [0.717, 1.165) is 38.8 Å². The smallest absolute Gasteiger partial charge is 0.260 e. The Labute approximate surface area is 131 Å². The highest BCUT2D eigenvalue weighted by atomic mass is 35.5. The molecule has 1 unspecified atom stereocenters. The van der Waals surface area contributed by atoms with Gasteiger partial charge in [0.2, 0.25) is 0 Å². The summed E-state index contributed by atoms with van der Waals surface area (Å²) in [5.74, 6) is 0.502. The van der Waals surface area contributed by atoms with Crippen LogP contribution in [0.25, 0.3) is 0 Å². The van der Waals surface area contributed by atoms with E-state index >= 15 is 0 Å². The molecule has 1 saturated heterocycles. The minimum absolute atomic E-state index is 0.0140. The van der Waals surface area contributed by atoms with Crippen LogP contribution in [0.2, 0.25) is 5.02 Å². The maximum atomic E-state index is 12.0. The molecule has 0 saturated carbocycles. The van der Waals surface area contributed by atoms with Crippen molar-refractivity contribution in [1.82, 2.24) is 4.90 Å². The first-order valence-electron chi connectivity index (χ1n) is 7.39. The van der Waals surface area contributed by atoms with Crippen LogP contribution in [-0.4, -0.2) is 43.7 Å². The predicted octanol–water partition coefficient (Wildman–Crippen LogP) is 3.14. The van der Waals surface area contributed by atoms with Crippen LogP contribution < -0.4 is 4.74 Å². The zero-order valence-electron chi connectivity index (χ0n) is 12.4. The third-order valence-corrected chi connectivity index (χ3v) is 3.97. The van der Waals surface area contributed by atoms with E-state index in [1.807, 2.05) is 12.1 Å². The van der Waals surface area contributed by atoms with Crippen LogP contribution >= 0.6 is 11.6 Å². The predicted molar refractivity (Wildman–Crippen MR) is 82.8 cm³/mol.